The molecule has 3 aromatic carbocycles. The molecule has 1 amide bonds. The number of oxazole rings is 1. The average molecular weight is 491 g/mol. The molecule has 0 radical (unpaired) electrons. The fraction of sp³-hybridized carbons (Fsp3) is 0.185. The van der Waals surface area contributed by atoms with Crippen LogP contribution in [0.3, 0.4) is 0 Å². The number of nitrogens with zero attached hydrogens (tertiary/aromatic N) is 1. The summed E-state index contributed by atoms with van der Waals surface area (Å²) in [4.78, 5) is 17.2. The van der Waals surface area contributed by atoms with Gasteiger partial charge >= 0.3 is 0 Å². The van der Waals surface area contributed by atoms with Crippen molar-refractivity contribution in [1.29, 1.82) is 0 Å². The van der Waals surface area contributed by atoms with Gasteiger partial charge in [0, 0.05) is 17.7 Å². The first-order valence-electron chi connectivity index (χ1n) is 10.9. The summed E-state index contributed by atoms with van der Waals surface area (Å²) in [6.45, 7) is 0.312. The van der Waals surface area contributed by atoms with Crippen molar-refractivity contribution in [1.82, 2.24) is 10.3 Å². The van der Waals surface area contributed by atoms with Crippen LogP contribution in [0, 0.1) is 0 Å². The van der Waals surface area contributed by atoms with E-state index in [0.717, 1.165) is 22.4 Å². The number of benzene rings is 3. The summed E-state index contributed by atoms with van der Waals surface area (Å²) in [5, 5.41) is 3.35. The van der Waals surface area contributed by atoms with Crippen molar-refractivity contribution in [2.24, 2.45) is 0 Å². The normalized spacial score (nSPS) is 10.6. The lowest BCUT2D eigenvalue weighted by molar-refractivity contribution is -0.118. The predicted octanol–water partition coefficient (Wildman–Crippen LogP) is 5.44. The lowest BCUT2D eigenvalue weighted by Crippen LogP contribution is -2.24. The molecule has 1 heterocycles. The molecular formula is C27H26N2O5S. The van der Waals surface area contributed by atoms with E-state index in [1.807, 2.05) is 60.7 Å². The molecular weight excluding hydrogens is 464 g/mol. The van der Waals surface area contributed by atoms with E-state index < -0.39 is 0 Å². The van der Waals surface area contributed by atoms with Crippen molar-refractivity contribution >= 4 is 17.7 Å². The summed E-state index contributed by atoms with van der Waals surface area (Å²) in [5.74, 6) is 2.27. The number of hydrogen-bond donors (Lipinski definition) is 1. The van der Waals surface area contributed by atoms with Gasteiger partial charge in [-0.25, -0.2) is 4.98 Å². The number of aromatic nitrogens is 1. The second-order valence-corrected chi connectivity index (χ2v) is 8.42. The Kier molecular flexibility index (Phi) is 7.95. The Balaban J connectivity index is 1.45. The standard InChI is InChI=1S/C27H26N2O5S/c1-31-21-14-18(15-22(32-2)26(21)33-3)16-28-23(30)17-35-27-29-24(19-10-6-4-7-11-19)25(34-27)20-12-8-5-9-13-20/h4-15H,16-17H2,1-3H3,(H,28,30). The SMILES string of the molecule is COc1cc(CNC(=O)CSc2nc(-c3ccccc3)c(-c3ccccc3)o2)cc(OC)c1OC. The molecule has 0 aliphatic carbocycles. The van der Waals surface area contributed by atoms with Gasteiger partial charge in [0.2, 0.25) is 11.7 Å². The maximum absolute atomic E-state index is 12.6. The van der Waals surface area contributed by atoms with Gasteiger partial charge in [0.15, 0.2) is 17.3 Å². The smallest absolute Gasteiger partial charge is 0.257 e. The molecule has 1 N–H and O–H groups in total. The Labute approximate surface area is 208 Å². The van der Waals surface area contributed by atoms with Crippen LogP contribution >= 0.6 is 11.8 Å². The van der Waals surface area contributed by atoms with Crippen LogP contribution in [0.4, 0.5) is 0 Å². The third-order valence-corrected chi connectivity index (χ3v) is 6.06. The second-order valence-electron chi connectivity index (χ2n) is 7.49. The zero-order chi connectivity index (χ0) is 24.6. The van der Waals surface area contributed by atoms with Crippen LogP contribution in [0.25, 0.3) is 22.6 Å². The summed E-state index contributed by atoms with van der Waals surface area (Å²) in [6.07, 6.45) is 0. The first-order chi connectivity index (χ1) is 17.1. The summed E-state index contributed by atoms with van der Waals surface area (Å²) < 4.78 is 22.2. The van der Waals surface area contributed by atoms with E-state index in [1.165, 1.54) is 11.8 Å². The molecule has 0 saturated heterocycles. The minimum absolute atomic E-state index is 0.149. The van der Waals surface area contributed by atoms with Gasteiger partial charge in [-0.1, -0.05) is 72.4 Å². The molecule has 1 aromatic heterocycles. The van der Waals surface area contributed by atoms with Crippen molar-refractivity contribution in [3.05, 3.63) is 78.4 Å². The van der Waals surface area contributed by atoms with E-state index in [2.05, 4.69) is 10.3 Å². The molecule has 4 rings (SSSR count). The van der Waals surface area contributed by atoms with Gasteiger partial charge in [-0.15, -0.1) is 0 Å². The lowest BCUT2D eigenvalue weighted by atomic mass is 10.1. The largest absolute Gasteiger partial charge is 0.493 e. The van der Waals surface area contributed by atoms with Crippen molar-refractivity contribution in [2.75, 3.05) is 27.1 Å². The number of rotatable bonds is 10. The molecule has 0 atom stereocenters. The molecule has 8 heteroatoms. The van der Waals surface area contributed by atoms with Crippen LogP contribution in [0.15, 0.2) is 82.4 Å². The zero-order valence-corrected chi connectivity index (χ0v) is 20.6. The predicted molar refractivity (Wildman–Crippen MR) is 136 cm³/mol. The van der Waals surface area contributed by atoms with Crippen LogP contribution in [0.5, 0.6) is 17.2 Å². The summed E-state index contributed by atoms with van der Waals surface area (Å²) >= 11 is 1.25. The topological polar surface area (TPSA) is 82.8 Å². The van der Waals surface area contributed by atoms with Crippen molar-refractivity contribution in [3.63, 3.8) is 0 Å². The third-order valence-electron chi connectivity index (χ3n) is 5.23. The Bertz CT molecular complexity index is 1190. The molecule has 0 bridgehead atoms. The van der Waals surface area contributed by atoms with Crippen molar-refractivity contribution in [3.8, 4) is 39.8 Å². The van der Waals surface area contributed by atoms with Crippen LogP contribution in [0.1, 0.15) is 5.56 Å². The highest BCUT2D eigenvalue weighted by molar-refractivity contribution is 7.99. The molecule has 7 nitrogen and oxygen atoms in total. The van der Waals surface area contributed by atoms with Gasteiger partial charge in [-0.3, -0.25) is 4.79 Å². The first kappa shape index (κ1) is 24.2. The number of methoxy groups -OCH3 is 3. The average Bonchev–Trinajstić information content (AvgIpc) is 3.35. The van der Waals surface area contributed by atoms with Crippen LogP contribution in [-0.4, -0.2) is 38.0 Å². The van der Waals surface area contributed by atoms with Gasteiger partial charge in [0.25, 0.3) is 5.22 Å². The number of carbonyl (C=O) groups is 1. The Morgan fingerprint density at radius 1 is 0.886 bits per heavy atom. The second kappa shape index (κ2) is 11.5. The quantitative estimate of drug-likeness (QED) is 0.296. The molecule has 4 aromatic rings. The number of amides is 1. The maximum atomic E-state index is 12.6. The fourth-order valence-electron chi connectivity index (χ4n) is 3.56. The third kappa shape index (κ3) is 5.78. The van der Waals surface area contributed by atoms with Crippen molar-refractivity contribution in [2.45, 2.75) is 11.8 Å². The fourth-order valence-corrected chi connectivity index (χ4v) is 4.21. The lowest BCUT2D eigenvalue weighted by Gasteiger charge is -2.14. The highest BCUT2D eigenvalue weighted by Crippen LogP contribution is 2.38. The van der Waals surface area contributed by atoms with Gasteiger partial charge in [0.1, 0.15) is 5.69 Å². The Morgan fingerprint density at radius 2 is 1.49 bits per heavy atom. The maximum Gasteiger partial charge on any atom is 0.257 e. The number of carbonyl (C=O) groups excluding carboxylic acids is 1. The molecule has 0 unspecified atom stereocenters. The molecule has 0 fully saturated rings. The van der Waals surface area contributed by atoms with E-state index >= 15 is 0 Å². The summed E-state index contributed by atoms with van der Waals surface area (Å²) in [5.41, 5.74) is 3.45. The Morgan fingerprint density at radius 3 is 2.06 bits per heavy atom. The van der Waals surface area contributed by atoms with Crippen LogP contribution in [0.2, 0.25) is 0 Å². The zero-order valence-electron chi connectivity index (χ0n) is 19.7. The summed E-state index contributed by atoms with van der Waals surface area (Å²) in [6, 6.07) is 23.3. The summed E-state index contributed by atoms with van der Waals surface area (Å²) in [7, 11) is 4.66. The number of nitrogens with one attached hydrogen (secondary N) is 1. The molecule has 0 aliphatic heterocycles. The van der Waals surface area contributed by atoms with E-state index in [9.17, 15) is 4.79 Å². The van der Waals surface area contributed by atoms with Crippen molar-refractivity contribution < 1.29 is 23.4 Å². The van der Waals surface area contributed by atoms with E-state index in [1.54, 1.807) is 33.5 Å². The van der Waals surface area contributed by atoms with Gasteiger partial charge in [0.05, 0.1) is 27.1 Å². The molecule has 0 spiro atoms. The van der Waals surface area contributed by atoms with Crippen LogP contribution < -0.4 is 19.5 Å². The minimum atomic E-state index is -0.149. The minimum Gasteiger partial charge on any atom is -0.493 e. The van der Waals surface area contributed by atoms with E-state index in [0.29, 0.717) is 34.8 Å². The number of thioether (sulfide) groups is 1. The van der Waals surface area contributed by atoms with E-state index in [4.69, 9.17) is 18.6 Å². The molecule has 35 heavy (non-hydrogen) atoms. The highest BCUT2D eigenvalue weighted by Gasteiger charge is 2.18. The first-order valence-corrected chi connectivity index (χ1v) is 11.9. The molecule has 0 aliphatic rings. The monoisotopic (exact) mass is 490 g/mol. The molecule has 0 saturated carbocycles. The van der Waals surface area contributed by atoms with Gasteiger partial charge in [-0.05, 0) is 17.7 Å². The van der Waals surface area contributed by atoms with Gasteiger partial charge < -0.3 is 23.9 Å². The molecule has 180 valence electrons. The number of hydrogen-bond acceptors (Lipinski definition) is 7. The van der Waals surface area contributed by atoms with Crippen LogP contribution in [-0.2, 0) is 11.3 Å². The highest BCUT2D eigenvalue weighted by atomic mass is 32.2. The number of ether oxygens (including phenoxy) is 3. The Hall–Kier alpha value is -3.91. The van der Waals surface area contributed by atoms with Gasteiger partial charge in [-0.2, -0.15) is 0 Å². The van der Waals surface area contributed by atoms with E-state index in [-0.39, 0.29) is 11.7 Å².